The van der Waals surface area contributed by atoms with Crippen LogP contribution in [0.5, 0.6) is 0 Å². The van der Waals surface area contributed by atoms with E-state index in [9.17, 15) is 4.79 Å². The van der Waals surface area contributed by atoms with E-state index >= 15 is 0 Å². The molecule has 0 radical (unpaired) electrons. The van der Waals surface area contributed by atoms with Crippen LogP contribution in [-0.4, -0.2) is 28.5 Å². The number of aromatic nitrogens is 2. The van der Waals surface area contributed by atoms with Crippen molar-refractivity contribution in [2.75, 3.05) is 18.4 Å². The molecule has 1 fully saturated rings. The zero-order valence-corrected chi connectivity index (χ0v) is 14.8. The number of aryl methyl sites for hydroxylation is 1. The molecule has 0 saturated carbocycles. The zero-order valence-electron chi connectivity index (χ0n) is 14.0. The summed E-state index contributed by atoms with van der Waals surface area (Å²) in [6.45, 7) is 3.95. The maximum absolute atomic E-state index is 12.8. The van der Waals surface area contributed by atoms with Gasteiger partial charge in [-0.3, -0.25) is 9.20 Å². The normalized spacial score (nSPS) is 16.6. The third-order valence-electron chi connectivity index (χ3n) is 4.52. The fourth-order valence-corrected chi connectivity index (χ4v) is 3.28. The van der Waals surface area contributed by atoms with E-state index in [2.05, 4.69) is 15.6 Å². The molecule has 3 heterocycles. The lowest BCUT2D eigenvalue weighted by atomic mass is 10.0. The number of nitrogens with zero attached hydrogens (tertiary/aromatic N) is 2. The molecular weight excluding hydrogens is 336 g/mol. The average molecular weight is 357 g/mol. The van der Waals surface area contributed by atoms with Crippen LogP contribution in [0, 0.1) is 6.92 Å². The molecule has 0 spiro atoms. The summed E-state index contributed by atoms with van der Waals surface area (Å²) in [6.07, 6.45) is 2.90. The Morgan fingerprint density at radius 3 is 2.72 bits per heavy atom. The van der Waals surface area contributed by atoms with Gasteiger partial charge in [-0.25, -0.2) is 4.98 Å². The maximum atomic E-state index is 12.8. The second-order valence-corrected chi connectivity index (χ2v) is 6.22. The summed E-state index contributed by atoms with van der Waals surface area (Å²) in [5.41, 5.74) is 4.05. The fraction of sp³-hybridized carbons (Fsp3) is 0.263. The zero-order chi connectivity index (χ0) is 16.5. The molecule has 0 aliphatic carbocycles. The van der Waals surface area contributed by atoms with E-state index in [1.54, 1.807) is 10.6 Å². The molecule has 6 heteroatoms. The number of hydrogen-bond donors (Lipinski definition) is 2. The van der Waals surface area contributed by atoms with Crippen molar-refractivity contribution in [2.24, 2.45) is 0 Å². The standard InChI is InChI=1S/C19H20N4O.ClH/c1-13-18(19(24)23-11-3-2-4-17(23)21-13)14-5-7-15(8-6-14)22-16-9-10-20-12-16;/h2-8,11,16,20,22H,9-10,12H2,1H3;1H/t16-;/m1./s1. The largest absolute Gasteiger partial charge is 0.381 e. The van der Waals surface area contributed by atoms with Gasteiger partial charge in [0.15, 0.2) is 0 Å². The van der Waals surface area contributed by atoms with Crippen LogP contribution in [0.4, 0.5) is 5.69 Å². The first-order chi connectivity index (χ1) is 11.7. The third-order valence-corrected chi connectivity index (χ3v) is 4.52. The Balaban J connectivity index is 0.00000182. The first-order valence-electron chi connectivity index (χ1n) is 8.28. The Bertz CT molecular complexity index is 930. The van der Waals surface area contributed by atoms with Gasteiger partial charge in [0.1, 0.15) is 5.65 Å². The molecule has 1 atom stereocenters. The molecule has 2 N–H and O–H groups in total. The number of halogens is 1. The predicted octanol–water partition coefficient (Wildman–Crippen LogP) is 2.87. The predicted molar refractivity (Wildman–Crippen MR) is 104 cm³/mol. The lowest BCUT2D eigenvalue weighted by Crippen LogP contribution is -2.22. The first kappa shape index (κ1) is 17.5. The lowest BCUT2D eigenvalue weighted by molar-refractivity contribution is 0.793. The summed E-state index contributed by atoms with van der Waals surface area (Å²) >= 11 is 0. The van der Waals surface area contributed by atoms with Crippen molar-refractivity contribution in [2.45, 2.75) is 19.4 Å². The summed E-state index contributed by atoms with van der Waals surface area (Å²) in [5.74, 6) is 0. The van der Waals surface area contributed by atoms with Gasteiger partial charge >= 0.3 is 0 Å². The lowest BCUT2D eigenvalue weighted by Gasteiger charge is -2.13. The van der Waals surface area contributed by atoms with Gasteiger partial charge < -0.3 is 10.6 Å². The summed E-state index contributed by atoms with van der Waals surface area (Å²) in [6, 6.07) is 14.1. The fourth-order valence-electron chi connectivity index (χ4n) is 3.28. The number of rotatable bonds is 3. The highest BCUT2D eigenvalue weighted by atomic mass is 35.5. The molecule has 0 bridgehead atoms. The van der Waals surface area contributed by atoms with Crippen LogP contribution in [0.25, 0.3) is 16.8 Å². The molecule has 4 rings (SSSR count). The molecule has 1 saturated heterocycles. The minimum Gasteiger partial charge on any atom is -0.381 e. The van der Waals surface area contributed by atoms with Crippen molar-refractivity contribution >= 4 is 23.7 Å². The van der Waals surface area contributed by atoms with Crippen LogP contribution in [-0.2, 0) is 0 Å². The number of anilines is 1. The van der Waals surface area contributed by atoms with Crippen LogP contribution < -0.4 is 16.2 Å². The molecule has 0 amide bonds. The van der Waals surface area contributed by atoms with Crippen LogP contribution in [0.3, 0.4) is 0 Å². The highest BCUT2D eigenvalue weighted by molar-refractivity contribution is 5.85. The Morgan fingerprint density at radius 1 is 1.20 bits per heavy atom. The Labute approximate surface area is 152 Å². The second-order valence-electron chi connectivity index (χ2n) is 6.22. The number of nitrogens with one attached hydrogen (secondary N) is 2. The van der Waals surface area contributed by atoms with Crippen LogP contribution in [0.2, 0.25) is 0 Å². The van der Waals surface area contributed by atoms with Gasteiger partial charge in [-0.2, -0.15) is 0 Å². The quantitative estimate of drug-likeness (QED) is 0.757. The van der Waals surface area contributed by atoms with Crippen molar-refractivity contribution < 1.29 is 0 Å². The van der Waals surface area contributed by atoms with E-state index in [0.717, 1.165) is 36.5 Å². The van der Waals surface area contributed by atoms with E-state index in [1.165, 1.54) is 0 Å². The molecule has 1 aliphatic heterocycles. The number of fused-ring (bicyclic) bond motifs is 1. The molecular formula is C19H21ClN4O. The average Bonchev–Trinajstić information content (AvgIpc) is 3.09. The summed E-state index contributed by atoms with van der Waals surface area (Å²) < 4.78 is 1.60. The molecule has 0 unspecified atom stereocenters. The van der Waals surface area contributed by atoms with Gasteiger partial charge in [-0.15, -0.1) is 12.4 Å². The summed E-state index contributed by atoms with van der Waals surface area (Å²) in [5, 5.41) is 6.86. The molecule has 1 aliphatic rings. The van der Waals surface area contributed by atoms with Gasteiger partial charge in [0.25, 0.3) is 5.56 Å². The van der Waals surface area contributed by atoms with Crippen LogP contribution in [0.15, 0.2) is 53.5 Å². The summed E-state index contributed by atoms with van der Waals surface area (Å²) in [7, 11) is 0. The van der Waals surface area contributed by atoms with Crippen LogP contribution >= 0.6 is 12.4 Å². The van der Waals surface area contributed by atoms with E-state index in [0.29, 0.717) is 17.3 Å². The van der Waals surface area contributed by atoms with Crippen molar-refractivity contribution in [1.29, 1.82) is 0 Å². The third kappa shape index (κ3) is 3.38. The van der Waals surface area contributed by atoms with Gasteiger partial charge in [-0.1, -0.05) is 18.2 Å². The Morgan fingerprint density at radius 2 is 2.00 bits per heavy atom. The van der Waals surface area contributed by atoms with Crippen LogP contribution in [0.1, 0.15) is 12.1 Å². The van der Waals surface area contributed by atoms with Crippen molar-refractivity contribution in [1.82, 2.24) is 14.7 Å². The molecule has 130 valence electrons. The van der Waals surface area contributed by atoms with Crippen molar-refractivity contribution in [3.05, 3.63) is 64.7 Å². The molecule has 2 aromatic heterocycles. The Kier molecular flexibility index (Phi) is 5.06. The minimum atomic E-state index is -0.0289. The van der Waals surface area contributed by atoms with Gasteiger partial charge in [0.05, 0.1) is 11.3 Å². The molecule has 25 heavy (non-hydrogen) atoms. The SMILES string of the molecule is Cc1nc2ccccn2c(=O)c1-c1ccc(N[C@@H]2CCNC2)cc1.Cl. The highest BCUT2D eigenvalue weighted by Crippen LogP contribution is 2.22. The summed E-state index contributed by atoms with van der Waals surface area (Å²) in [4.78, 5) is 17.4. The number of hydrogen-bond acceptors (Lipinski definition) is 4. The van der Waals surface area contributed by atoms with Crippen molar-refractivity contribution in [3.8, 4) is 11.1 Å². The smallest absolute Gasteiger partial charge is 0.265 e. The van der Waals surface area contributed by atoms with Gasteiger partial charge in [0.2, 0.25) is 0 Å². The highest BCUT2D eigenvalue weighted by Gasteiger charge is 2.15. The maximum Gasteiger partial charge on any atom is 0.265 e. The van der Waals surface area contributed by atoms with E-state index < -0.39 is 0 Å². The minimum absolute atomic E-state index is 0. The van der Waals surface area contributed by atoms with Crippen molar-refractivity contribution in [3.63, 3.8) is 0 Å². The van der Waals surface area contributed by atoms with E-state index in [1.807, 2.05) is 49.4 Å². The second kappa shape index (κ2) is 7.25. The monoisotopic (exact) mass is 356 g/mol. The molecule has 5 nitrogen and oxygen atoms in total. The first-order valence-corrected chi connectivity index (χ1v) is 8.28. The van der Waals surface area contributed by atoms with Gasteiger partial charge in [0, 0.05) is 24.5 Å². The molecule has 1 aromatic carbocycles. The topological polar surface area (TPSA) is 58.4 Å². The van der Waals surface area contributed by atoms with Gasteiger partial charge in [-0.05, 0) is 49.7 Å². The van der Waals surface area contributed by atoms with E-state index in [4.69, 9.17) is 0 Å². The molecule has 3 aromatic rings. The number of pyridine rings is 1. The number of benzene rings is 1. The Hall–Kier alpha value is -2.37. The van der Waals surface area contributed by atoms with E-state index in [-0.39, 0.29) is 18.0 Å².